The Bertz CT molecular complexity index is 91.8. The lowest BCUT2D eigenvalue weighted by atomic mass is 10.8. The third-order valence-electron chi connectivity index (χ3n) is 0.348. The van der Waals surface area contributed by atoms with Crippen LogP contribution in [0.3, 0.4) is 0 Å². The van der Waals surface area contributed by atoms with Gasteiger partial charge in [-0.3, -0.25) is 9.59 Å². The van der Waals surface area contributed by atoms with E-state index in [0.29, 0.717) is 6.61 Å². The number of ether oxygens (including phenoxy) is 1. The van der Waals surface area contributed by atoms with Crippen LogP contribution in [-0.2, 0) is 14.3 Å². The molecule has 0 aliphatic heterocycles. The summed E-state index contributed by atoms with van der Waals surface area (Å²) in [7, 11) is 0. The Morgan fingerprint density at radius 1 is 1.50 bits per heavy atom. The van der Waals surface area contributed by atoms with Crippen molar-refractivity contribution in [3.05, 3.63) is 0 Å². The molecule has 0 saturated heterocycles. The Morgan fingerprint density at radius 3 is 1.75 bits per heavy atom. The zero-order chi connectivity index (χ0) is 10.4. The van der Waals surface area contributed by atoms with Gasteiger partial charge in [0.25, 0.3) is 6.47 Å². The fraction of sp³-hybridized carbons (Fsp3) is 0.714. The van der Waals surface area contributed by atoms with Gasteiger partial charge in [0.05, 0.1) is 6.61 Å². The van der Waals surface area contributed by atoms with Crippen molar-refractivity contribution in [2.75, 3.05) is 13.2 Å². The molecule has 0 aromatic heterocycles. The maximum absolute atomic E-state index is 9.82. The van der Waals surface area contributed by atoms with Gasteiger partial charge < -0.3 is 14.9 Å². The molecular formula is C7H16O5. The Kier molecular flexibility index (Phi) is 32.1. The molecule has 0 aromatic rings. The molecule has 12 heavy (non-hydrogen) atoms. The number of aliphatic hydroxyl groups is 1. The first-order chi connectivity index (χ1) is 5.60. The molecule has 0 unspecified atom stereocenters. The summed E-state index contributed by atoms with van der Waals surface area (Å²) in [4.78, 5) is 18.2. The van der Waals surface area contributed by atoms with Crippen LogP contribution in [0.25, 0.3) is 0 Å². The summed E-state index contributed by atoms with van der Waals surface area (Å²) in [5.41, 5.74) is 0. The Balaban J connectivity index is -0.000000115. The van der Waals surface area contributed by atoms with E-state index in [2.05, 4.69) is 4.74 Å². The van der Waals surface area contributed by atoms with E-state index in [0.717, 1.165) is 0 Å². The minimum Gasteiger partial charge on any atom is -0.483 e. The summed E-state index contributed by atoms with van der Waals surface area (Å²) in [5.74, 6) is -0.211. The Labute approximate surface area is 72.0 Å². The van der Waals surface area contributed by atoms with Crippen molar-refractivity contribution in [1.29, 1.82) is 0 Å². The number of carboxylic acid groups (broad SMARTS) is 1. The largest absolute Gasteiger partial charge is 0.483 e. The van der Waals surface area contributed by atoms with Gasteiger partial charge in [-0.2, -0.15) is 0 Å². The maximum atomic E-state index is 9.82. The maximum Gasteiger partial charge on any atom is 0.302 e. The van der Waals surface area contributed by atoms with Crippen molar-refractivity contribution >= 4 is 12.4 Å². The Morgan fingerprint density at radius 2 is 1.75 bits per heavy atom. The normalized spacial score (nSPS) is 6.33. The minimum absolute atomic E-state index is 0.211. The molecule has 0 aliphatic carbocycles. The van der Waals surface area contributed by atoms with Crippen molar-refractivity contribution < 1.29 is 24.5 Å². The summed E-state index contributed by atoms with van der Waals surface area (Å²) < 4.78 is 4.40. The molecule has 0 aromatic carbocycles. The standard InChI is InChI=1S/C4H8O2.C2H6O.CH2O2/c1-3-6-4(2)5;1-2-3;2-1-3/h3H2,1-2H3;3H,2H2,1H3;1H,(H,2,3). The summed E-state index contributed by atoms with van der Waals surface area (Å²) in [5, 5.41) is 14.5. The van der Waals surface area contributed by atoms with Crippen LogP contribution >= 0.6 is 0 Å². The first-order valence-corrected chi connectivity index (χ1v) is 3.42. The van der Waals surface area contributed by atoms with Gasteiger partial charge in [0.1, 0.15) is 0 Å². The van der Waals surface area contributed by atoms with Gasteiger partial charge >= 0.3 is 5.97 Å². The molecule has 0 amide bonds. The smallest absolute Gasteiger partial charge is 0.302 e. The topological polar surface area (TPSA) is 83.8 Å². The average Bonchev–Trinajstić information content (AvgIpc) is 1.89. The molecule has 0 fully saturated rings. The fourth-order valence-corrected chi connectivity index (χ4v) is 0.203. The van der Waals surface area contributed by atoms with E-state index in [1.165, 1.54) is 6.92 Å². The van der Waals surface area contributed by atoms with E-state index in [-0.39, 0.29) is 19.0 Å². The van der Waals surface area contributed by atoms with Crippen LogP contribution in [0.2, 0.25) is 0 Å². The summed E-state index contributed by atoms with van der Waals surface area (Å²) in [6, 6.07) is 0. The van der Waals surface area contributed by atoms with E-state index in [9.17, 15) is 4.79 Å². The first kappa shape index (κ1) is 17.1. The van der Waals surface area contributed by atoms with Gasteiger partial charge in [0.15, 0.2) is 0 Å². The van der Waals surface area contributed by atoms with Crippen LogP contribution in [0.4, 0.5) is 0 Å². The number of carbonyl (C=O) groups excluding carboxylic acids is 1. The van der Waals surface area contributed by atoms with Gasteiger partial charge in [-0.1, -0.05) is 0 Å². The van der Waals surface area contributed by atoms with Crippen molar-refractivity contribution in [3.63, 3.8) is 0 Å². The highest BCUT2D eigenvalue weighted by Crippen LogP contribution is 1.69. The molecule has 0 aliphatic rings. The fourth-order valence-electron chi connectivity index (χ4n) is 0.203. The number of hydrogen-bond donors (Lipinski definition) is 2. The molecule has 0 rings (SSSR count). The van der Waals surface area contributed by atoms with Gasteiger partial charge in [0.2, 0.25) is 0 Å². The number of carbonyl (C=O) groups is 2. The first-order valence-electron chi connectivity index (χ1n) is 3.42. The predicted molar refractivity (Wildman–Crippen MR) is 43.8 cm³/mol. The monoisotopic (exact) mass is 180 g/mol. The molecular weight excluding hydrogens is 164 g/mol. The molecule has 2 N–H and O–H groups in total. The predicted octanol–water partition coefficient (Wildman–Crippen LogP) is 0.269. The summed E-state index contributed by atoms with van der Waals surface area (Å²) >= 11 is 0. The molecule has 0 spiro atoms. The minimum atomic E-state index is -0.250. The molecule has 0 radical (unpaired) electrons. The second-order valence-corrected chi connectivity index (χ2v) is 1.35. The average molecular weight is 180 g/mol. The van der Waals surface area contributed by atoms with Crippen molar-refractivity contribution in [2.45, 2.75) is 20.8 Å². The third kappa shape index (κ3) is 154. The zero-order valence-electron chi connectivity index (χ0n) is 7.61. The molecule has 0 atom stereocenters. The van der Waals surface area contributed by atoms with E-state index in [1.54, 1.807) is 13.8 Å². The zero-order valence-corrected chi connectivity index (χ0v) is 7.61. The van der Waals surface area contributed by atoms with Gasteiger partial charge in [0, 0.05) is 13.5 Å². The highest BCUT2D eigenvalue weighted by Gasteiger charge is 1.81. The van der Waals surface area contributed by atoms with E-state index < -0.39 is 0 Å². The lowest BCUT2D eigenvalue weighted by Gasteiger charge is -1.89. The second kappa shape index (κ2) is 22.5. The molecule has 5 heteroatoms. The van der Waals surface area contributed by atoms with E-state index >= 15 is 0 Å². The number of esters is 1. The van der Waals surface area contributed by atoms with Gasteiger partial charge in [-0.15, -0.1) is 0 Å². The van der Waals surface area contributed by atoms with Crippen molar-refractivity contribution in [3.8, 4) is 0 Å². The number of rotatable bonds is 1. The molecule has 74 valence electrons. The quantitative estimate of drug-likeness (QED) is 0.447. The van der Waals surface area contributed by atoms with E-state index in [4.69, 9.17) is 15.0 Å². The lowest BCUT2D eigenvalue weighted by molar-refractivity contribution is -0.140. The molecule has 0 bridgehead atoms. The lowest BCUT2D eigenvalue weighted by Crippen LogP contribution is -1.95. The number of aliphatic hydroxyl groups excluding tert-OH is 1. The van der Waals surface area contributed by atoms with Crippen LogP contribution < -0.4 is 0 Å². The Hall–Kier alpha value is -1.10. The molecule has 5 nitrogen and oxygen atoms in total. The highest BCUT2D eigenvalue weighted by molar-refractivity contribution is 5.65. The van der Waals surface area contributed by atoms with Crippen LogP contribution in [0.5, 0.6) is 0 Å². The van der Waals surface area contributed by atoms with Crippen molar-refractivity contribution in [1.82, 2.24) is 0 Å². The second-order valence-electron chi connectivity index (χ2n) is 1.35. The van der Waals surface area contributed by atoms with Gasteiger partial charge in [-0.05, 0) is 13.8 Å². The SMILES string of the molecule is CCO.CCOC(C)=O.O=CO. The highest BCUT2D eigenvalue weighted by atomic mass is 16.5. The van der Waals surface area contributed by atoms with Crippen LogP contribution in [0, 0.1) is 0 Å². The van der Waals surface area contributed by atoms with Gasteiger partial charge in [-0.25, -0.2) is 0 Å². The molecule has 0 heterocycles. The van der Waals surface area contributed by atoms with Crippen molar-refractivity contribution in [2.24, 2.45) is 0 Å². The molecule has 0 saturated carbocycles. The summed E-state index contributed by atoms with van der Waals surface area (Å²) in [6.07, 6.45) is 0. The van der Waals surface area contributed by atoms with Crippen LogP contribution in [-0.4, -0.2) is 35.9 Å². The summed E-state index contributed by atoms with van der Waals surface area (Å²) in [6.45, 7) is 5.33. The third-order valence-corrected chi connectivity index (χ3v) is 0.348. The number of hydrogen-bond acceptors (Lipinski definition) is 4. The van der Waals surface area contributed by atoms with Crippen LogP contribution in [0.15, 0.2) is 0 Å². The van der Waals surface area contributed by atoms with E-state index in [1.807, 2.05) is 0 Å². The van der Waals surface area contributed by atoms with Crippen LogP contribution in [0.1, 0.15) is 20.8 Å².